The van der Waals surface area contributed by atoms with E-state index in [1.165, 1.54) is 0 Å². The maximum atomic E-state index is 11.2. The average Bonchev–Trinajstić information content (AvgIpc) is 3.01. The zero-order valence-electron chi connectivity index (χ0n) is 11.8. The Morgan fingerprint density at radius 3 is 2.71 bits per heavy atom. The molecule has 1 aromatic heterocycles. The number of aromatic nitrogens is 3. The second-order valence-electron chi connectivity index (χ2n) is 5.29. The first-order valence-electron chi connectivity index (χ1n) is 7.00. The Kier molecular flexibility index (Phi) is 3.55. The van der Waals surface area contributed by atoms with Crippen molar-refractivity contribution in [3.63, 3.8) is 0 Å². The van der Waals surface area contributed by atoms with Gasteiger partial charge in [-0.05, 0) is 25.3 Å². The zero-order chi connectivity index (χ0) is 14.8. The first-order chi connectivity index (χ1) is 10.2. The lowest BCUT2D eigenvalue weighted by Gasteiger charge is -2.33. The molecule has 1 saturated heterocycles. The Labute approximate surface area is 122 Å². The molecule has 7 heteroatoms. The van der Waals surface area contributed by atoms with E-state index in [-0.39, 0.29) is 10.6 Å². The maximum Gasteiger partial charge on any atom is 0.292 e. The maximum absolute atomic E-state index is 11.2. The van der Waals surface area contributed by atoms with Gasteiger partial charge in [0.15, 0.2) is 0 Å². The third-order valence-electron chi connectivity index (χ3n) is 4.00. The van der Waals surface area contributed by atoms with Gasteiger partial charge >= 0.3 is 0 Å². The van der Waals surface area contributed by atoms with Crippen molar-refractivity contribution in [1.82, 2.24) is 14.8 Å². The fourth-order valence-corrected chi connectivity index (χ4v) is 2.96. The van der Waals surface area contributed by atoms with Gasteiger partial charge in [0.2, 0.25) is 0 Å². The molecule has 0 spiro atoms. The summed E-state index contributed by atoms with van der Waals surface area (Å²) in [6, 6.07) is 5.56. The van der Waals surface area contributed by atoms with E-state index < -0.39 is 0 Å². The van der Waals surface area contributed by atoms with Crippen LogP contribution in [-0.2, 0) is 0 Å². The van der Waals surface area contributed by atoms with Crippen LogP contribution in [0.25, 0.3) is 0 Å². The number of hydrogen-bond acceptors (Lipinski definition) is 5. The molecule has 3 rings (SSSR count). The van der Waals surface area contributed by atoms with Gasteiger partial charge in [0.1, 0.15) is 18.3 Å². The first-order valence-corrected chi connectivity index (χ1v) is 7.00. The molecule has 0 amide bonds. The van der Waals surface area contributed by atoms with Crippen LogP contribution in [0.2, 0.25) is 0 Å². The van der Waals surface area contributed by atoms with Crippen LogP contribution in [0.15, 0.2) is 30.9 Å². The van der Waals surface area contributed by atoms with Gasteiger partial charge in [-0.25, -0.2) is 9.67 Å². The molecule has 21 heavy (non-hydrogen) atoms. The molecule has 7 nitrogen and oxygen atoms in total. The summed E-state index contributed by atoms with van der Waals surface area (Å²) < 4.78 is 1.88. The Morgan fingerprint density at radius 2 is 2.10 bits per heavy atom. The molecule has 2 heterocycles. The van der Waals surface area contributed by atoms with E-state index in [0.717, 1.165) is 37.2 Å². The number of hydrogen-bond donors (Lipinski definition) is 0. The van der Waals surface area contributed by atoms with Gasteiger partial charge < -0.3 is 4.90 Å². The number of rotatable bonds is 3. The summed E-state index contributed by atoms with van der Waals surface area (Å²) in [5.41, 5.74) is 1.89. The Morgan fingerprint density at radius 1 is 1.33 bits per heavy atom. The second-order valence-corrected chi connectivity index (χ2v) is 5.29. The van der Waals surface area contributed by atoms with E-state index in [4.69, 9.17) is 0 Å². The predicted molar refractivity (Wildman–Crippen MR) is 78.3 cm³/mol. The molecule has 0 unspecified atom stereocenters. The van der Waals surface area contributed by atoms with Crippen LogP contribution in [0.3, 0.4) is 0 Å². The molecule has 1 aromatic carbocycles. The standard InChI is InChI=1S/C14H17N5O2/c1-11-3-2-4-13(19(20)21)14(11)17-7-5-12(6-8-17)18-10-15-9-16-18/h2-4,9-10,12H,5-8H2,1H3. The number of nitro groups is 1. The highest BCUT2D eigenvalue weighted by atomic mass is 16.6. The molecule has 110 valence electrons. The second kappa shape index (κ2) is 5.51. The molecule has 2 aromatic rings. The van der Waals surface area contributed by atoms with Crippen LogP contribution in [-0.4, -0.2) is 32.8 Å². The van der Waals surface area contributed by atoms with Gasteiger partial charge in [-0.1, -0.05) is 12.1 Å². The highest BCUT2D eigenvalue weighted by Gasteiger charge is 2.26. The van der Waals surface area contributed by atoms with Crippen molar-refractivity contribution < 1.29 is 4.92 Å². The lowest BCUT2D eigenvalue weighted by molar-refractivity contribution is -0.384. The van der Waals surface area contributed by atoms with Crippen LogP contribution < -0.4 is 4.90 Å². The number of piperidine rings is 1. The van der Waals surface area contributed by atoms with E-state index in [2.05, 4.69) is 15.0 Å². The highest BCUT2D eigenvalue weighted by molar-refractivity contribution is 5.67. The molecule has 1 aliphatic heterocycles. The lowest BCUT2D eigenvalue weighted by atomic mass is 10.0. The van der Waals surface area contributed by atoms with Crippen molar-refractivity contribution in [3.8, 4) is 0 Å². The van der Waals surface area contributed by atoms with E-state index in [0.29, 0.717) is 6.04 Å². The van der Waals surface area contributed by atoms with Crippen molar-refractivity contribution in [2.45, 2.75) is 25.8 Å². The van der Waals surface area contributed by atoms with Gasteiger partial charge in [0, 0.05) is 19.2 Å². The summed E-state index contributed by atoms with van der Waals surface area (Å²) in [4.78, 5) is 17.0. The van der Waals surface area contributed by atoms with Crippen molar-refractivity contribution in [2.75, 3.05) is 18.0 Å². The van der Waals surface area contributed by atoms with Crippen molar-refractivity contribution in [1.29, 1.82) is 0 Å². The third kappa shape index (κ3) is 2.58. The lowest BCUT2D eigenvalue weighted by Crippen LogP contribution is -2.35. The molecule has 0 atom stereocenters. The predicted octanol–water partition coefficient (Wildman–Crippen LogP) is 2.34. The van der Waals surface area contributed by atoms with Crippen molar-refractivity contribution in [2.24, 2.45) is 0 Å². The normalized spacial score (nSPS) is 16.1. The Balaban J connectivity index is 1.80. The molecule has 0 aliphatic carbocycles. The van der Waals surface area contributed by atoms with Crippen LogP contribution in [0.1, 0.15) is 24.4 Å². The molecular weight excluding hydrogens is 270 g/mol. The van der Waals surface area contributed by atoms with Gasteiger partial charge in [-0.15, -0.1) is 0 Å². The first kappa shape index (κ1) is 13.5. The molecular formula is C14H17N5O2. The van der Waals surface area contributed by atoms with Crippen molar-refractivity contribution in [3.05, 3.63) is 46.5 Å². The number of anilines is 1. The molecule has 1 fully saturated rings. The summed E-state index contributed by atoms with van der Waals surface area (Å²) >= 11 is 0. The molecule has 0 bridgehead atoms. The minimum absolute atomic E-state index is 0.189. The van der Waals surface area contributed by atoms with Crippen molar-refractivity contribution >= 4 is 11.4 Å². The van der Waals surface area contributed by atoms with E-state index in [9.17, 15) is 10.1 Å². The fourth-order valence-electron chi connectivity index (χ4n) is 2.96. The van der Waals surface area contributed by atoms with Crippen LogP contribution in [0.5, 0.6) is 0 Å². The van der Waals surface area contributed by atoms with Gasteiger partial charge in [0.25, 0.3) is 5.69 Å². The van der Waals surface area contributed by atoms with Gasteiger partial charge in [-0.2, -0.15) is 5.10 Å². The number of aryl methyl sites for hydroxylation is 1. The van der Waals surface area contributed by atoms with Crippen LogP contribution in [0, 0.1) is 17.0 Å². The highest BCUT2D eigenvalue weighted by Crippen LogP contribution is 2.34. The van der Waals surface area contributed by atoms with E-state index in [1.807, 2.05) is 17.7 Å². The van der Waals surface area contributed by atoms with Gasteiger partial charge in [-0.3, -0.25) is 10.1 Å². The Bertz CT molecular complexity index is 633. The molecule has 0 saturated carbocycles. The average molecular weight is 287 g/mol. The van der Waals surface area contributed by atoms with E-state index in [1.54, 1.807) is 24.8 Å². The van der Waals surface area contributed by atoms with Crippen LogP contribution >= 0.6 is 0 Å². The minimum Gasteiger partial charge on any atom is -0.366 e. The number of benzene rings is 1. The topological polar surface area (TPSA) is 77.1 Å². The summed E-state index contributed by atoms with van der Waals surface area (Å²) in [6.07, 6.45) is 5.10. The SMILES string of the molecule is Cc1cccc([N+](=O)[O-])c1N1CCC(n2cncn2)CC1. The molecule has 0 radical (unpaired) electrons. The fraction of sp³-hybridized carbons (Fsp3) is 0.429. The quantitative estimate of drug-likeness (QED) is 0.639. The minimum atomic E-state index is -0.300. The summed E-state index contributed by atoms with van der Waals surface area (Å²) in [5.74, 6) is 0. The third-order valence-corrected chi connectivity index (χ3v) is 4.00. The van der Waals surface area contributed by atoms with E-state index >= 15 is 0 Å². The largest absolute Gasteiger partial charge is 0.366 e. The number of para-hydroxylation sites is 1. The Hall–Kier alpha value is -2.44. The molecule has 1 aliphatic rings. The number of nitro benzene ring substituents is 1. The zero-order valence-corrected chi connectivity index (χ0v) is 11.8. The summed E-state index contributed by atoms with van der Waals surface area (Å²) in [7, 11) is 0. The summed E-state index contributed by atoms with van der Waals surface area (Å²) in [6.45, 7) is 3.50. The monoisotopic (exact) mass is 287 g/mol. The summed E-state index contributed by atoms with van der Waals surface area (Å²) in [5, 5.41) is 15.4. The van der Waals surface area contributed by atoms with Crippen LogP contribution in [0.4, 0.5) is 11.4 Å². The van der Waals surface area contributed by atoms with Gasteiger partial charge in [0.05, 0.1) is 11.0 Å². The number of nitrogens with zero attached hydrogens (tertiary/aromatic N) is 5. The molecule has 0 N–H and O–H groups in total. The smallest absolute Gasteiger partial charge is 0.292 e.